The molecule has 0 aromatic heterocycles. The number of hydrogen-bond acceptors (Lipinski definition) is 3. The molecule has 4 nitrogen and oxygen atoms in total. The molecular weight excluding hydrogens is 182 g/mol. The zero-order chi connectivity index (χ0) is 11.3. The first kappa shape index (κ1) is 13.1. The fourth-order valence-corrected chi connectivity index (χ4v) is 1.06. The number of carboxylic acids is 1. The number of aliphatic hydroxyl groups is 1. The molecule has 0 spiro atoms. The number of rotatable bonds is 6. The van der Waals surface area contributed by atoms with Crippen molar-refractivity contribution >= 4 is 5.97 Å². The van der Waals surface area contributed by atoms with Crippen molar-refractivity contribution in [3.05, 3.63) is 12.2 Å². The van der Waals surface area contributed by atoms with Crippen LogP contribution in [0, 0.1) is 0 Å². The summed E-state index contributed by atoms with van der Waals surface area (Å²) in [6.07, 6.45) is 0.0586. The number of carboxylic acid groups (broad SMARTS) is 1. The van der Waals surface area contributed by atoms with Crippen molar-refractivity contribution in [3.63, 3.8) is 0 Å². The van der Waals surface area contributed by atoms with Gasteiger partial charge in [0.2, 0.25) is 0 Å². The van der Waals surface area contributed by atoms with Crippen molar-refractivity contribution in [3.8, 4) is 0 Å². The molecular formula is C10H19NO3. The Hall–Kier alpha value is -0.870. The fraction of sp³-hybridized carbons (Fsp3) is 0.700. The number of carbonyl (C=O) groups is 1. The van der Waals surface area contributed by atoms with E-state index >= 15 is 0 Å². The smallest absolute Gasteiger partial charge is 0.331 e. The monoisotopic (exact) mass is 201 g/mol. The lowest BCUT2D eigenvalue weighted by Gasteiger charge is -2.22. The van der Waals surface area contributed by atoms with E-state index in [9.17, 15) is 9.90 Å². The van der Waals surface area contributed by atoms with Crippen LogP contribution in [-0.4, -0.2) is 47.3 Å². The average Bonchev–Trinajstić information content (AvgIpc) is 2.03. The molecule has 0 amide bonds. The predicted molar refractivity (Wildman–Crippen MR) is 55.2 cm³/mol. The summed E-state index contributed by atoms with van der Waals surface area (Å²) in [4.78, 5) is 12.4. The van der Waals surface area contributed by atoms with Crippen molar-refractivity contribution in [1.82, 2.24) is 4.90 Å². The number of aliphatic carboxylic acids is 1. The largest absolute Gasteiger partial charge is 0.478 e. The molecule has 2 unspecified atom stereocenters. The second-order valence-electron chi connectivity index (χ2n) is 3.81. The lowest BCUT2D eigenvalue weighted by atomic mass is 10.0. The van der Waals surface area contributed by atoms with E-state index in [1.807, 2.05) is 25.9 Å². The summed E-state index contributed by atoms with van der Waals surface area (Å²) in [5.41, 5.74) is 0.0588. The van der Waals surface area contributed by atoms with Gasteiger partial charge >= 0.3 is 5.97 Å². The molecule has 0 aromatic rings. The molecule has 0 rings (SSSR count). The summed E-state index contributed by atoms with van der Waals surface area (Å²) in [6.45, 7) is 5.35. The highest BCUT2D eigenvalue weighted by Crippen LogP contribution is 2.10. The van der Waals surface area contributed by atoms with Crippen molar-refractivity contribution in [1.29, 1.82) is 0 Å². The molecule has 0 saturated carbocycles. The summed E-state index contributed by atoms with van der Waals surface area (Å²) >= 11 is 0. The zero-order valence-electron chi connectivity index (χ0n) is 9.03. The Morgan fingerprint density at radius 3 is 2.36 bits per heavy atom. The maximum atomic E-state index is 10.4. The zero-order valence-corrected chi connectivity index (χ0v) is 9.03. The minimum atomic E-state index is -1.04. The van der Waals surface area contributed by atoms with Gasteiger partial charge in [-0.25, -0.2) is 4.79 Å². The molecule has 0 fully saturated rings. The van der Waals surface area contributed by atoms with Gasteiger partial charge in [-0.3, -0.25) is 0 Å². The molecule has 0 bridgehead atoms. The summed E-state index contributed by atoms with van der Waals surface area (Å²) in [5, 5.41) is 18.1. The van der Waals surface area contributed by atoms with E-state index in [-0.39, 0.29) is 18.0 Å². The van der Waals surface area contributed by atoms with Crippen LogP contribution in [0.2, 0.25) is 0 Å². The molecule has 4 heteroatoms. The first-order valence-corrected chi connectivity index (χ1v) is 4.60. The maximum absolute atomic E-state index is 10.4. The molecule has 2 atom stereocenters. The van der Waals surface area contributed by atoms with Gasteiger partial charge in [0.05, 0.1) is 6.10 Å². The second kappa shape index (κ2) is 5.78. The maximum Gasteiger partial charge on any atom is 0.331 e. The Morgan fingerprint density at radius 2 is 2.00 bits per heavy atom. The van der Waals surface area contributed by atoms with Gasteiger partial charge in [0.25, 0.3) is 0 Å². The van der Waals surface area contributed by atoms with Gasteiger partial charge in [0.1, 0.15) is 0 Å². The van der Waals surface area contributed by atoms with Crippen LogP contribution in [0.15, 0.2) is 12.2 Å². The Bertz CT molecular complexity index is 213. The van der Waals surface area contributed by atoms with E-state index in [1.165, 1.54) is 0 Å². The average molecular weight is 201 g/mol. The van der Waals surface area contributed by atoms with Crippen molar-refractivity contribution in [2.75, 3.05) is 14.1 Å². The van der Waals surface area contributed by atoms with E-state index in [0.29, 0.717) is 6.42 Å². The molecule has 0 heterocycles. The highest BCUT2D eigenvalue weighted by atomic mass is 16.4. The third kappa shape index (κ3) is 4.99. The van der Waals surface area contributed by atoms with Crippen LogP contribution in [0.4, 0.5) is 0 Å². The summed E-state index contributed by atoms with van der Waals surface area (Å²) in [5.74, 6) is -1.04. The van der Waals surface area contributed by atoms with Crippen molar-refractivity contribution < 1.29 is 15.0 Å². The van der Waals surface area contributed by atoms with Gasteiger partial charge in [-0.05, 0) is 27.4 Å². The Labute approximate surface area is 84.8 Å². The molecule has 2 N–H and O–H groups in total. The van der Waals surface area contributed by atoms with Crippen LogP contribution in [0.3, 0.4) is 0 Å². The van der Waals surface area contributed by atoms with Crippen LogP contribution >= 0.6 is 0 Å². The van der Waals surface area contributed by atoms with Crippen LogP contribution in [0.25, 0.3) is 0 Å². The van der Waals surface area contributed by atoms with Gasteiger partial charge in [0.15, 0.2) is 0 Å². The van der Waals surface area contributed by atoms with Gasteiger partial charge in [-0.2, -0.15) is 0 Å². The molecule has 0 radical (unpaired) electrons. The fourth-order valence-electron chi connectivity index (χ4n) is 1.06. The Balaban J connectivity index is 3.92. The predicted octanol–water partition coefficient (Wildman–Crippen LogP) is 0.718. The number of nitrogens with zero attached hydrogens (tertiary/aromatic N) is 1. The summed E-state index contributed by atoms with van der Waals surface area (Å²) in [7, 11) is 3.84. The normalized spacial score (nSPS) is 15.2. The quantitative estimate of drug-likeness (QED) is 0.622. The molecule has 82 valence electrons. The highest BCUT2D eigenvalue weighted by Gasteiger charge is 2.15. The lowest BCUT2D eigenvalue weighted by Crippen LogP contribution is -2.29. The van der Waals surface area contributed by atoms with E-state index in [4.69, 9.17) is 5.11 Å². The topological polar surface area (TPSA) is 60.8 Å². The molecule has 0 aliphatic carbocycles. The lowest BCUT2D eigenvalue weighted by molar-refractivity contribution is -0.133. The van der Waals surface area contributed by atoms with Gasteiger partial charge in [0, 0.05) is 18.0 Å². The minimum Gasteiger partial charge on any atom is -0.478 e. The van der Waals surface area contributed by atoms with Crippen LogP contribution in [-0.2, 0) is 4.79 Å². The second-order valence-corrected chi connectivity index (χ2v) is 3.81. The summed E-state index contributed by atoms with van der Waals surface area (Å²) < 4.78 is 0. The molecule has 0 aliphatic rings. The molecule has 0 aromatic carbocycles. The van der Waals surface area contributed by atoms with E-state index in [1.54, 1.807) is 0 Å². The highest BCUT2D eigenvalue weighted by molar-refractivity contribution is 5.85. The third-order valence-electron chi connectivity index (χ3n) is 2.28. The number of aliphatic hydroxyl groups excluding tert-OH is 1. The third-order valence-corrected chi connectivity index (χ3v) is 2.28. The summed E-state index contributed by atoms with van der Waals surface area (Å²) in [6, 6.07) is 0.228. The van der Waals surface area contributed by atoms with Crippen molar-refractivity contribution in [2.45, 2.75) is 31.9 Å². The van der Waals surface area contributed by atoms with Crippen LogP contribution in [0.5, 0.6) is 0 Å². The Kier molecular flexibility index (Phi) is 5.42. The standard InChI is InChI=1S/C10H19NO3/c1-7(10(13)14)5-9(12)6-8(2)11(3)4/h8-9,12H,1,5-6H2,2-4H3,(H,13,14). The first-order valence-electron chi connectivity index (χ1n) is 4.60. The number of hydrogen-bond donors (Lipinski definition) is 2. The molecule has 0 aliphatic heterocycles. The van der Waals surface area contributed by atoms with Gasteiger partial charge in [-0.15, -0.1) is 0 Å². The minimum absolute atomic E-state index is 0.0588. The van der Waals surface area contributed by atoms with Gasteiger partial charge in [-0.1, -0.05) is 6.58 Å². The molecule has 14 heavy (non-hydrogen) atoms. The first-order chi connectivity index (χ1) is 6.34. The van der Waals surface area contributed by atoms with E-state index in [0.717, 1.165) is 0 Å². The van der Waals surface area contributed by atoms with Crippen LogP contribution < -0.4 is 0 Å². The van der Waals surface area contributed by atoms with E-state index in [2.05, 4.69) is 6.58 Å². The van der Waals surface area contributed by atoms with Crippen LogP contribution in [0.1, 0.15) is 19.8 Å². The van der Waals surface area contributed by atoms with Gasteiger partial charge < -0.3 is 15.1 Å². The Morgan fingerprint density at radius 1 is 1.50 bits per heavy atom. The molecule has 0 saturated heterocycles. The SMILES string of the molecule is C=C(CC(O)CC(C)N(C)C)C(=O)O. The van der Waals surface area contributed by atoms with E-state index < -0.39 is 12.1 Å². The van der Waals surface area contributed by atoms with Crippen molar-refractivity contribution in [2.24, 2.45) is 0 Å².